The van der Waals surface area contributed by atoms with Crippen LogP contribution < -0.4 is 55.2 Å². The number of para-hydroxylation sites is 2. The molecule has 0 spiro atoms. The summed E-state index contributed by atoms with van der Waals surface area (Å²) < 4.78 is 24.0. The number of nitrogens with one attached hydrogen (secondary N) is 4. The van der Waals surface area contributed by atoms with E-state index >= 15 is 0 Å². The van der Waals surface area contributed by atoms with Crippen LogP contribution in [0.5, 0.6) is 23.0 Å². The average Bonchev–Trinajstić information content (AvgIpc) is 3.90. The summed E-state index contributed by atoms with van der Waals surface area (Å²) in [4.78, 5) is 91.8. The molecule has 4 aliphatic heterocycles. The minimum atomic E-state index is -0.629. The van der Waals surface area contributed by atoms with Crippen molar-refractivity contribution in [3.63, 3.8) is 0 Å². The number of nitrogens with two attached hydrogens (primary N) is 1. The first-order valence-corrected chi connectivity index (χ1v) is 26.3. The number of methoxy groups -OCH3 is 2. The van der Waals surface area contributed by atoms with E-state index in [1.54, 1.807) is 58.6 Å². The fourth-order valence-electron chi connectivity index (χ4n) is 9.24. The van der Waals surface area contributed by atoms with Crippen LogP contribution in [0.2, 0.25) is 0 Å². The molecule has 0 aromatic heterocycles. The smallest absolute Gasteiger partial charge is 0.261 e. The zero-order valence-electron chi connectivity index (χ0n) is 41.6. The van der Waals surface area contributed by atoms with Crippen molar-refractivity contribution in [1.29, 1.82) is 0 Å². The summed E-state index contributed by atoms with van der Waals surface area (Å²) in [6.07, 6.45) is 5.58. The van der Waals surface area contributed by atoms with E-state index in [1.807, 2.05) is 68.4 Å². The third-order valence-electron chi connectivity index (χ3n) is 12.9. The molecule has 0 unspecified atom stereocenters. The quantitative estimate of drug-likeness (QED) is 0.0411. The number of rotatable bonds is 20. The molecule has 5 aromatic rings. The second-order valence-electron chi connectivity index (χ2n) is 18.7. The summed E-state index contributed by atoms with van der Waals surface area (Å²) in [5, 5.41) is 15.8. The van der Waals surface area contributed by atoms with Gasteiger partial charge in [-0.3, -0.25) is 53.7 Å². The second kappa shape index (κ2) is 22.7. The van der Waals surface area contributed by atoms with Gasteiger partial charge in [0.1, 0.15) is 13.2 Å². The van der Waals surface area contributed by atoms with E-state index in [-0.39, 0.29) is 60.7 Å². The van der Waals surface area contributed by atoms with E-state index in [0.29, 0.717) is 81.6 Å². The maximum atomic E-state index is 14.0. The summed E-state index contributed by atoms with van der Waals surface area (Å²) in [6.45, 7) is 2.69. The van der Waals surface area contributed by atoms with Gasteiger partial charge in [-0.2, -0.15) is 0 Å². The molecule has 0 saturated heterocycles. The maximum absolute atomic E-state index is 14.0. The van der Waals surface area contributed by atoms with Crippen LogP contribution in [-0.4, -0.2) is 98.6 Å². The van der Waals surface area contributed by atoms with Gasteiger partial charge in [-0.25, -0.2) is 0 Å². The number of aliphatic imine (C=N–C) groups is 2. The van der Waals surface area contributed by atoms with Crippen LogP contribution >= 0.6 is 21.8 Å². The highest BCUT2D eigenvalue weighted by Gasteiger charge is 2.38. The summed E-state index contributed by atoms with van der Waals surface area (Å²) >= 11 is 0. The highest BCUT2D eigenvalue weighted by Crippen LogP contribution is 2.43. The van der Waals surface area contributed by atoms with Crippen LogP contribution in [0.4, 0.5) is 28.4 Å². The third kappa shape index (κ3) is 11.9. The highest BCUT2D eigenvalue weighted by molar-refractivity contribution is 8.76. The number of carbonyl (C=O) groups is 6. The van der Waals surface area contributed by atoms with Gasteiger partial charge < -0.3 is 40.2 Å². The van der Waals surface area contributed by atoms with Gasteiger partial charge in [-0.15, -0.1) is 0 Å². The van der Waals surface area contributed by atoms with Crippen molar-refractivity contribution in [3.05, 3.63) is 124 Å². The molecule has 75 heavy (non-hydrogen) atoms. The van der Waals surface area contributed by atoms with Crippen molar-refractivity contribution in [2.24, 2.45) is 15.1 Å². The number of nitrogens with zero attached hydrogens (tertiary/aromatic N) is 4. The van der Waals surface area contributed by atoms with Crippen LogP contribution in [0, 0.1) is 0 Å². The molecule has 0 saturated carbocycles. The Bertz CT molecular complexity index is 2990. The predicted molar refractivity (Wildman–Crippen MR) is 289 cm³/mol. The number of anilines is 3. The van der Waals surface area contributed by atoms with Gasteiger partial charge in [0.15, 0.2) is 23.0 Å². The molecule has 5 aromatic carbocycles. The number of amides is 6. The molecular formula is C54H55N9O10S2. The predicted octanol–water partition coefficient (Wildman–Crippen LogP) is 6.54. The number of hydrogen-bond acceptors (Lipinski definition) is 15. The van der Waals surface area contributed by atoms with Gasteiger partial charge >= 0.3 is 0 Å². The van der Waals surface area contributed by atoms with Gasteiger partial charge in [0.05, 0.1) is 68.4 Å². The molecule has 4 aliphatic rings. The van der Waals surface area contributed by atoms with Crippen molar-refractivity contribution < 1.29 is 47.7 Å². The van der Waals surface area contributed by atoms with E-state index in [2.05, 4.69) is 21.3 Å². The van der Waals surface area contributed by atoms with Crippen molar-refractivity contribution in [1.82, 2.24) is 16.0 Å². The van der Waals surface area contributed by atoms with Crippen molar-refractivity contribution >= 4 is 98.1 Å². The molecule has 0 bridgehead atoms. The van der Waals surface area contributed by atoms with Crippen molar-refractivity contribution in [2.75, 3.05) is 49.0 Å². The van der Waals surface area contributed by atoms with Crippen LogP contribution in [0.15, 0.2) is 101 Å². The van der Waals surface area contributed by atoms with Gasteiger partial charge in [-0.1, -0.05) is 47.2 Å². The Morgan fingerprint density at radius 3 is 1.59 bits per heavy atom. The minimum Gasteiger partial charge on any atom is -0.493 e. The normalized spacial score (nSPS) is 15.7. The molecule has 0 aliphatic carbocycles. The number of benzene rings is 5. The summed E-state index contributed by atoms with van der Waals surface area (Å²) in [6, 6.07) is 26.9. The Morgan fingerprint density at radius 1 is 0.640 bits per heavy atom. The first-order chi connectivity index (χ1) is 36.2. The Balaban J connectivity index is 0.890. The molecule has 6 amide bonds. The number of hydrogen-bond donors (Lipinski definition) is 5. The SMILES string of the molecule is COc1cc2c(cc1OCc1cc(COc3cc4c(cc3OC)C(=O)N3c5ccccc5C[C@H]3C=N4)cc(NC(=O)CNC(=O)CNC(=O)CNC(=O)CCC(C)(C)SSN)c1)N=C[C@@H]1Cc3ccccc3N1C2=O. The monoisotopic (exact) mass is 1050 g/mol. The van der Waals surface area contributed by atoms with E-state index in [9.17, 15) is 28.8 Å². The van der Waals surface area contributed by atoms with E-state index in [4.69, 9.17) is 34.1 Å². The largest absolute Gasteiger partial charge is 0.493 e. The first kappa shape index (κ1) is 52.0. The van der Waals surface area contributed by atoms with E-state index in [1.165, 1.54) is 25.0 Å². The summed E-state index contributed by atoms with van der Waals surface area (Å²) in [7, 11) is 5.55. The molecule has 21 heteroatoms. The van der Waals surface area contributed by atoms with Crippen LogP contribution in [0.3, 0.4) is 0 Å². The molecule has 9 rings (SSSR count). The van der Waals surface area contributed by atoms with E-state index in [0.717, 1.165) is 33.5 Å². The lowest BCUT2D eigenvalue weighted by Gasteiger charge is -2.22. The van der Waals surface area contributed by atoms with Crippen molar-refractivity contribution in [3.8, 4) is 23.0 Å². The number of fused-ring (bicyclic) bond motifs is 8. The first-order valence-electron chi connectivity index (χ1n) is 24.1. The third-order valence-corrected chi connectivity index (χ3v) is 15.3. The van der Waals surface area contributed by atoms with Gasteiger partial charge in [0.2, 0.25) is 23.6 Å². The molecule has 2 atom stereocenters. The summed E-state index contributed by atoms with van der Waals surface area (Å²) in [5.74, 6) is -1.23. The Kier molecular flexibility index (Phi) is 15.7. The average molecular weight is 1050 g/mol. The standard InChI is InChI=1S/C54H55N9O10S2/c1-54(2,74-75-55)14-13-48(64)58-26-49(65)59-27-50(66)60-28-51(67)61-35-16-31(29-72-46-22-40-38(20-44(46)70-3)52(68)62-36(24-56-40)18-33-9-5-7-11-42(33)62)15-32(17-35)30-73-47-23-41-39(21-45(47)71-4)53(69)63-37(25-57-41)19-34-10-6-8-12-43(34)63/h5-12,15-17,20-25,36-37H,13-14,18-19,26-30,55H2,1-4H3,(H,58,64)(H,59,65)(H,60,66)(H,61,67)/t36-,37-/m0/s1. The molecule has 0 fully saturated rings. The zero-order chi connectivity index (χ0) is 52.8. The second-order valence-corrected chi connectivity index (χ2v) is 21.2. The molecule has 388 valence electrons. The van der Waals surface area contributed by atoms with Gasteiger partial charge in [0.25, 0.3) is 11.8 Å². The fourth-order valence-corrected chi connectivity index (χ4v) is 10.7. The lowest BCUT2D eigenvalue weighted by Crippen LogP contribution is -2.43. The fraction of sp³-hybridized carbons (Fsp3) is 0.296. The van der Waals surface area contributed by atoms with Crippen LogP contribution in [0.25, 0.3) is 0 Å². The highest BCUT2D eigenvalue weighted by atomic mass is 33.1. The minimum absolute atomic E-state index is 0.0349. The topological polar surface area (TPSA) is 245 Å². The Morgan fingerprint density at radius 2 is 1.11 bits per heavy atom. The summed E-state index contributed by atoms with van der Waals surface area (Å²) in [5.41, 5.74) is 6.91. The Hall–Kier alpha value is -7.88. The maximum Gasteiger partial charge on any atom is 0.261 e. The van der Waals surface area contributed by atoms with Crippen molar-refractivity contribution in [2.45, 2.75) is 69.6 Å². The Labute approximate surface area is 440 Å². The lowest BCUT2D eigenvalue weighted by molar-refractivity contribution is -0.128. The van der Waals surface area contributed by atoms with E-state index < -0.39 is 30.8 Å². The van der Waals surface area contributed by atoms with Crippen LogP contribution in [0.1, 0.15) is 69.7 Å². The van der Waals surface area contributed by atoms with Gasteiger partial charge in [0, 0.05) is 65.6 Å². The lowest BCUT2D eigenvalue weighted by atomic mass is 10.1. The van der Waals surface area contributed by atoms with Crippen LogP contribution in [-0.2, 0) is 45.2 Å². The van der Waals surface area contributed by atoms with Gasteiger partial charge in [-0.05, 0) is 96.0 Å². The number of ether oxygens (including phenoxy) is 4. The molecule has 4 heterocycles. The molecule has 6 N–H and O–H groups in total. The molecule has 19 nitrogen and oxygen atoms in total. The molecule has 0 radical (unpaired) electrons. The zero-order valence-corrected chi connectivity index (χ0v) is 43.2. The number of carbonyl (C=O) groups excluding carboxylic acids is 6. The molecular weight excluding hydrogens is 999 g/mol.